The van der Waals surface area contributed by atoms with Crippen LogP contribution in [-0.4, -0.2) is 31.1 Å². The van der Waals surface area contributed by atoms with Crippen LogP contribution in [0.25, 0.3) is 0 Å². The minimum absolute atomic E-state index is 0.156. The number of halogens is 2. The summed E-state index contributed by atoms with van der Waals surface area (Å²) in [6.45, 7) is 6.25. The second-order valence-electron chi connectivity index (χ2n) is 4.38. The minimum atomic E-state index is -0.156. The topological polar surface area (TPSA) is 15.3 Å². The molecule has 1 fully saturated rings. The summed E-state index contributed by atoms with van der Waals surface area (Å²) in [5.41, 5.74) is 1.06. The van der Waals surface area contributed by atoms with Crippen LogP contribution in [0.5, 0.6) is 0 Å². The molecule has 0 saturated carbocycles. The summed E-state index contributed by atoms with van der Waals surface area (Å²) in [7, 11) is 0. The first-order valence-electron chi connectivity index (χ1n) is 6.12. The molecule has 2 nitrogen and oxygen atoms in total. The predicted molar refractivity (Wildman–Crippen MR) is 71.6 cm³/mol. The average molecular weight is 301 g/mol. The van der Waals surface area contributed by atoms with Gasteiger partial charge in [0.1, 0.15) is 5.82 Å². The molecule has 2 rings (SSSR count). The number of hydrogen-bond acceptors (Lipinski definition) is 2. The summed E-state index contributed by atoms with van der Waals surface area (Å²) in [4.78, 5) is 2.43. The van der Waals surface area contributed by atoms with Crippen molar-refractivity contribution in [3.05, 3.63) is 34.1 Å². The standard InChI is InChI=1S/C13H18BrFN2/c1-2-13(17-7-5-16-6-8-17)11-9-10(15)3-4-12(11)14/h3-4,9,13,16H,2,5-8H2,1H3/t13-/m1/s1. The summed E-state index contributed by atoms with van der Waals surface area (Å²) in [6, 6.07) is 5.26. The maximum Gasteiger partial charge on any atom is 0.123 e. The number of nitrogens with zero attached hydrogens (tertiary/aromatic N) is 1. The fourth-order valence-corrected chi connectivity index (χ4v) is 2.95. The van der Waals surface area contributed by atoms with Crippen molar-refractivity contribution in [1.82, 2.24) is 10.2 Å². The van der Waals surface area contributed by atoms with Crippen LogP contribution < -0.4 is 5.32 Å². The van der Waals surface area contributed by atoms with Crippen LogP contribution in [0.15, 0.2) is 22.7 Å². The molecule has 1 aromatic carbocycles. The van der Waals surface area contributed by atoms with E-state index in [1.807, 2.05) is 0 Å². The van der Waals surface area contributed by atoms with Gasteiger partial charge < -0.3 is 5.32 Å². The van der Waals surface area contributed by atoms with E-state index in [0.29, 0.717) is 6.04 Å². The van der Waals surface area contributed by atoms with Crippen molar-refractivity contribution in [2.75, 3.05) is 26.2 Å². The Hall–Kier alpha value is -0.450. The highest BCUT2D eigenvalue weighted by Gasteiger charge is 2.22. The molecule has 17 heavy (non-hydrogen) atoms. The minimum Gasteiger partial charge on any atom is -0.314 e. The molecule has 0 bridgehead atoms. The van der Waals surface area contributed by atoms with Gasteiger partial charge >= 0.3 is 0 Å². The lowest BCUT2D eigenvalue weighted by Crippen LogP contribution is -2.45. The van der Waals surface area contributed by atoms with Crippen LogP contribution in [-0.2, 0) is 0 Å². The summed E-state index contributed by atoms with van der Waals surface area (Å²) in [5.74, 6) is -0.156. The zero-order valence-corrected chi connectivity index (χ0v) is 11.6. The van der Waals surface area contributed by atoms with Gasteiger partial charge in [-0.25, -0.2) is 4.39 Å². The third-order valence-corrected chi connectivity index (χ3v) is 4.02. The fourth-order valence-electron chi connectivity index (χ4n) is 2.44. The Balaban J connectivity index is 2.24. The van der Waals surface area contributed by atoms with Gasteiger partial charge in [-0.3, -0.25) is 4.90 Å². The second kappa shape index (κ2) is 5.94. The summed E-state index contributed by atoms with van der Waals surface area (Å²) in [6.07, 6.45) is 1.00. The molecule has 0 aromatic heterocycles. The van der Waals surface area contributed by atoms with E-state index in [2.05, 4.69) is 33.1 Å². The number of benzene rings is 1. The van der Waals surface area contributed by atoms with Gasteiger partial charge in [0, 0.05) is 36.7 Å². The molecule has 0 aliphatic carbocycles. The van der Waals surface area contributed by atoms with Crippen molar-refractivity contribution >= 4 is 15.9 Å². The van der Waals surface area contributed by atoms with Gasteiger partial charge in [-0.1, -0.05) is 22.9 Å². The molecule has 1 aliphatic heterocycles. The zero-order chi connectivity index (χ0) is 12.3. The third-order valence-electron chi connectivity index (χ3n) is 3.30. The van der Waals surface area contributed by atoms with Crippen molar-refractivity contribution in [2.24, 2.45) is 0 Å². The Bertz CT molecular complexity index is 378. The largest absolute Gasteiger partial charge is 0.314 e. The van der Waals surface area contributed by atoms with E-state index in [-0.39, 0.29) is 5.82 Å². The molecule has 1 N–H and O–H groups in total. The highest BCUT2D eigenvalue weighted by molar-refractivity contribution is 9.10. The van der Waals surface area contributed by atoms with Gasteiger partial charge in [0.15, 0.2) is 0 Å². The monoisotopic (exact) mass is 300 g/mol. The number of piperazine rings is 1. The van der Waals surface area contributed by atoms with E-state index >= 15 is 0 Å². The van der Waals surface area contributed by atoms with Crippen molar-refractivity contribution < 1.29 is 4.39 Å². The van der Waals surface area contributed by atoms with Crippen LogP contribution in [0.2, 0.25) is 0 Å². The van der Waals surface area contributed by atoms with E-state index in [9.17, 15) is 4.39 Å². The molecule has 1 atom stereocenters. The van der Waals surface area contributed by atoms with Gasteiger partial charge in [0.2, 0.25) is 0 Å². The molecular weight excluding hydrogens is 283 g/mol. The molecule has 0 amide bonds. The van der Waals surface area contributed by atoms with E-state index in [1.165, 1.54) is 6.07 Å². The first kappa shape index (κ1) is 13.0. The molecule has 0 unspecified atom stereocenters. The Morgan fingerprint density at radius 3 is 2.76 bits per heavy atom. The fraction of sp³-hybridized carbons (Fsp3) is 0.538. The first-order valence-corrected chi connectivity index (χ1v) is 6.91. The molecular formula is C13H18BrFN2. The summed E-state index contributed by atoms with van der Waals surface area (Å²) < 4.78 is 14.4. The second-order valence-corrected chi connectivity index (χ2v) is 5.23. The maximum absolute atomic E-state index is 13.4. The lowest BCUT2D eigenvalue weighted by Gasteiger charge is -2.35. The molecule has 0 radical (unpaired) electrons. The average Bonchev–Trinajstić information content (AvgIpc) is 2.36. The highest BCUT2D eigenvalue weighted by atomic mass is 79.9. The summed E-state index contributed by atoms with van der Waals surface area (Å²) in [5, 5.41) is 3.34. The molecule has 1 aromatic rings. The van der Waals surface area contributed by atoms with E-state index < -0.39 is 0 Å². The molecule has 0 spiro atoms. The molecule has 1 heterocycles. The van der Waals surface area contributed by atoms with Crippen molar-refractivity contribution in [3.63, 3.8) is 0 Å². The summed E-state index contributed by atoms with van der Waals surface area (Å²) >= 11 is 3.53. The molecule has 1 saturated heterocycles. The van der Waals surface area contributed by atoms with Gasteiger partial charge in [-0.2, -0.15) is 0 Å². The van der Waals surface area contributed by atoms with Gasteiger partial charge in [0.25, 0.3) is 0 Å². The van der Waals surface area contributed by atoms with Crippen LogP contribution in [0.3, 0.4) is 0 Å². The normalized spacial score (nSPS) is 19.2. The van der Waals surface area contributed by atoms with Crippen molar-refractivity contribution in [3.8, 4) is 0 Å². The Morgan fingerprint density at radius 1 is 1.41 bits per heavy atom. The quantitative estimate of drug-likeness (QED) is 0.923. The first-order chi connectivity index (χ1) is 8.22. The maximum atomic E-state index is 13.4. The van der Waals surface area contributed by atoms with Gasteiger partial charge in [0.05, 0.1) is 0 Å². The van der Waals surface area contributed by atoms with Crippen molar-refractivity contribution in [1.29, 1.82) is 0 Å². The Morgan fingerprint density at radius 2 is 2.12 bits per heavy atom. The van der Waals surface area contributed by atoms with Gasteiger partial charge in [-0.05, 0) is 30.2 Å². The third kappa shape index (κ3) is 3.06. The zero-order valence-electron chi connectivity index (χ0n) is 10.0. The lowest BCUT2D eigenvalue weighted by molar-refractivity contribution is 0.168. The highest BCUT2D eigenvalue weighted by Crippen LogP contribution is 2.31. The smallest absolute Gasteiger partial charge is 0.123 e. The SMILES string of the molecule is CC[C@H](c1cc(F)ccc1Br)N1CCNCC1. The van der Waals surface area contributed by atoms with Crippen LogP contribution in [0.1, 0.15) is 24.9 Å². The number of nitrogens with one attached hydrogen (secondary N) is 1. The predicted octanol–water partition coefficient (Wildman–Crippen LogP) is 2.94. The van der Waals surface area contributed by atoms with Crippen LogP contribution in [0, 0.1) is 5.82 Å². The molecule has 4 heteroatoms. The lowest BCUT2D eigenvalue weighted by atomic mass is 10.0. The number of hydrogen-bond donors (Lipinski definition) is 1. The number of rotatable bonds is 3. The Labute approximate surface area is 110 Å². The molecule has 94 valence electrons. The molecule has 1 aliphatic rings. The van der Waals surface area contributed by atoms with Gasteiger partial charge in [-0.15, -0.1) is 0 Å². The Kier molecular flexibility index (Phi) is 4.54. The van der Waals surface area contributed by atoms with E-state index in [1.54, 1.807) is 12.1 Å². The van der Waals surface area contributed by atoms with Crippen LogP contribution in [0.4, 0.5) is 4.39 Å². The van der Waals surface area contributed by atoms with E-state index in [4.69, 9.17) is 0 Å². The van der Waals surface area contributed by atoms with Crippen molar-refractivity contribution in [2.45, 2.75) is 19.4 Å². The van der Waals surface area contributed by atoms with Crippen LogP contribution >= 0.6 is 15.9 Å². The van der Waals surface area contributed by atoms with E-state index in [0.717, 1.165) is 42.6 Å².